The number of benzene rings is 3. The van der Waals surface area contributed by atoms with Crippen LogP contribution in [0.5, 0.6) is 11.5 Å². The zero-order valence-electron chi connectivity index (χ0n) is 24.7. The van der Waals surface area contributed by atoms with Crippen molar-refractivity contribution in [2.45, 2.75) is 38.8 Å². The molecule has 0 aromatic heterocycles. The van der Waals surface area contributed by atoms with E-state index in [1.165, 1.54) is 31.3 Å². The predicted octanol–water partition coefficient (Wildman–Crippen LogP) is 5.33. The topological polar surface area (TPSA) is 105 Å². The minimum absolute atomic E-state index is 0.0585. The molecule has 2 amide bonds. The smallest absolute Gasteiger partial charge is 0.244 e. The lowest BCUT2D eigenvalue weighted by molar-refractivity contribution is -0.140. The van der Waals surface area contributed by atoms with E-state index in [4.69, 9.17) is 32.7 Å². The normalized spacial score (nSPS) is 11.9. The number of carbonyl (C=O) groups is 2. The van der Waals surface area contributed by atoms with Gasteiger partial charge >= 0.3 is 0 Å². The number of unbranched alkanes of at least 4 members (excludes halogenated alkanes) is 1. The van der Waals surface area contributed by atoms with Crippen molar-refractivity contribution in [1.29, 1.82) is 0 Å². The minimum Gasteiger partial charge on any atom is -0.493 e. The molecule has 0 fully saturated rings. The lowest BCUT2D eigenvalue weighted by Crippen LogP contribution is -2.53. The summed E-state index contributed by atoms with van der Waals surface area (Å²) in [5.74, 6) is -0.259. The van der Waals surface area contributed by atoms with Crippen LogP contribution in [0, 0.1) is 0 Å². The van der Waals surface area contributed by atoms with Crippen LogP contribution in [0.1, 0.15) is 30.9 Å². The number of hydrogen-bond donors (Lipinski definition) is 1. The van der Waals surface area contributed by atoms with Crippen molar-refractivity contribution in [2.75, 3.05) is 37.9 Å². The predicted molar refractivity (Wildman–Crippen MR) is 171 cm³/mol. The molecule has 3 aromatic rings. The van der Waals surface area contributed by atoms with Gasteiger partial charge in [-0.1, -0.05) is 72.9 Å². The average Bonchev–Trinajstić information content (AvgIpc) is 2.98. The quantitative estimate of drug-likeness (QED) is 0.223. The number of methoxy groups -OCH3 is 2. The Morgan fingerprint density at radius 3 is 2.26 bits per heavy atom. The number of carbonyl (C=O) groups excluding carboxylic acids is 2. The molecule has 12 heteroatoms. The molecule has 0 aliphatic rings. The summed E-state index contributed by atoms with van der Waals surface area (Å²) in [5.41, 5.74) is 1.58. The molecule has 1 N–H and O–H groups in total. The Bertz CT molecular complexity index is 1500. The molecule has 43 heavy (non-hydrogen) atoms. The molecule has 0 radical (unpaired) electrons. The van der Waals surface area contributed by atoms with Crippen LogP contribution in [0.3, 0.4) is 0 Å². The largest absolute Gasteiger partial charge is 0.493 e. The first-order valence-corrected chi connectivity index (χ1v) is 16.3. The van der Waals surface area contributed by atoms with Crippen LogP contribution in [0.2, 0.25) is 10.0 Å². The molecule has 1 atom stereocenters. The van der Waals surface area contributed by atoms with Gasteiger partial charge in [-0.15, -0.1) is 0 Å². The summed E-state index contributed by atoms with van der Waals surface area (Å²) in [4.78, 5) is 29.3. The van der Waals surface area contributed by atoms with Gasteiger partial charge in [0, 0.05) is 35.6 Å². The fourth-order valence-corrected chi connectivity index (χ4v) is 5.80. The highest BCUT2D eigenvalue weighted by Crippen LogP contribution is 2.33. The summed E-state index contributed by atoms with van der Waals surface area (Å²) in [6.07, 6.45) is 2.85. The van der Waals surface area contributed by atoms with E-state index in [9.17, 15) is 18.0 Å². The van der Waals surface area contributed by atoms with Gasteiger partial charge in [0.05, 0.1) is 26.2 Å². The lowest BCUT2D eigenvalue weighted by atomic mass is 10.0. The van der Waals surface area contributed by atoms with Gasteiger partial charge in [-0.05, 0) is 41.8 Å². The zero-order chi connectivity index (χ0) is 31.6. The van der Waals surface area contributed by atoms with E-state index < -0.39 is 28.5 Å². The van der Waals surface area contributed by atoms with Gasteiger partial charge in [-0.2, -0.15) is 0 Å². The van der Waals surface area contributed by atoms with Crippen LogP contribution >= 0.6 is 23.2 Å². The second-order valence-electron chi connectivity index (χ2n) is 9.92. The molecule has 0 aliphatic carbocycles. The number of hydrogen-bond acceptors (Lipinski definition) is 6. The second-order valence-corrected chi connectivity index (χ2v) is 12.7. The molecule has 0 aliphatic heterocycles. The molecule has 0 heterocycles. The average molecular weight is 651 g/mol. The van der Waals surface area contributed by atoms with E-state index in [2.05, 4.69) is 5.32 Å². The maximum atomic E-state index is 14.2. The Balaban J connectivity index is 2.09. The van der Waals surface area contributed by atoms with Crippen molar-refractivity contribution in [2.24, 2.45) is 0 Å². The van der Waals surface area contributed by atoms with E-state index in [-0.39, 0.29) is 24.6 Å². The highest BCUT2D eigenvalue weighted by atomic mass is 35.5. The van der Waals surface area contributed by atoms with Crippen LogP contribution in [-0.2, 0) is 32.6 Å². The molecule has 232 valence electrons. The first kappa shape index (κ1) is 34.0. The van der Waals surface area contributed by atoms with Crippen LogP contribution in [0.25, 0.3) is 0 Å². The van der Waals surface area contributed by atoms with E-state index in [0.29, 0.717) is 33.7 Å². The number of anilines is 1. The van der Waals surface area contributed by atoms with E-state index in [1.54, 1.807) is 24.3 Å². The number of halogens is 2. The summed E-state index contributed by atoms with van der Waals surface area (Å²) in [5, 5.41) is 3.68. The third-order valence-electron chi connectivity index (χ3n) is 6.79. The first-order chi connectivity index (χ1) is 20.5. The summed E-state index contributed by atoms with van der Waals surface area (Å²) >= 11 is 12.6. The molecule has 0 bridgehead atoms. The SMILES string of the molecule is CCCCNC(=O)[C@@H](Cc1ccccc1)N(Cc1ccc(Cl)cc1Cl)C(=O)CN(c1ccc(OC)c(OC)c1)S(C)(=O)=O. The number of sulfonamides is 1. The van der Waals surface area contributed by atoms with Crippen LogP contribution < -0.4 is 19.1 Å². The maximum absolute atomic E-state index is 14.2. The van der Waals surface area contributed by atoms with Gasteiger partial charge in [0.2, 0.25) is 21.8 Å². The Hall–Kier alpha value is -3.47. The molecule has 0 spiro atoms. The van der Waals surface area contributed by atoms with Crippen molar-refractivity contribution in [3.05, 3.63) is 87.9 Å². The van der Waals surface area contributed by atoms with Gasteiger partial charge in [-0.3, -0.25) is 13.9 Å². The Morgan fingerprint density at radius 2 is 1.65 bits per heavy atom. The van der Waals surface area contributed by atoms with Crippen molar-refractivity contribution >= 4 is 50.7 Å². The fraction of sp³-hybridized carbons (Fsp3) is 0.355. The molecular weight excluding hydrogens is 613 g/mol. The number of amides is 2. The minimum atomic E-state index is -3.95. The van der Waals surface area contributed by atoms with Gasteiger partial charge in [-0.25, -0.2) is 8.42 Å². The number of nitrogens with one attached hydrogen (secondary N) is 1. The molecule has 3 aromatic carbocycles. The maximum Gasteiger partial charge on any atom is 0.244 e. The molecule has 0 saturated carbocycles. The van der Waals surface area contributed by atoms with Crippen LogP contribution in [0.15, 0.2) is 66.7 Å². The number of nitrogens with zero attached hydrogens (tertiary/aromatic N) is 2. The number of ether oxygens (including phenoxy) is 2. The monoisotopic (exact) mass is 649 g/mol. The van der Waals surface area contributed by atoms with E-state index >= 15 is 0 Å². The highest BCUT2D eigenvalue weighted by molar-refractivity contribution is 7.92. The Morgan fingerprint density at radius 1 is 0.953 bits per heavy atom. The van der Waals surface area contributed by atoms with Crippen molar-refractivity contribution in [1.82, 2.24) is 10.2 Å². The summed E-state index contributed by atoms with van der Waals surface area (Å²) in [7, 11) is -1.06. The van der Waals surface area contributed by atoms with Crippen molar-refractivity contribution in [3.63, 3.8) is 0 Å². The van der Waals surface area contributed by atoms with Crippen LogP contribution in [0.4, 0.5) is 5.69 Å². The van der Waals surface area contributed by atoms with Gasteiger partial charge in [0.25, 0.3) is 0 Å². The zero-order valence-corrected chi connectivity index (χ0v) is 27.0. The second kappa shape index (κ2) is 15.8. The third-order valence-corrected chi connectivity index (χ3v) is 8.52. The Kier molecular flexibility index (Phi) is 12.5. The fourth-order valence-electron chi connectivity index (χ4n) is 4.49. The first-order valence-electron chi connectivity index (χ1n) is 13.7. The van der Waals surface area contributed by atoms with Crippen molar-refractivity contribution < 1.29 is 27.5 Å². The summed E-state index contributed by atoms with van der Waals surface area (Å²) < 4.78 is 37.7. The van der Waals surface area contributed by atoms with Gasteiger partial charge in [0.1, 0.15) is 12.6 Å². The molecule has 0 saturated heterocycles. The Labute approximate surface area is 263 Å². The standard InChI is InChI=1S/C31H37Cl2N3O6S/c1-5-6-16-34-31(38)27(17-22-10-8-7-9-11-22)35(20-23-12-13-24(32)18-26(23)33)30(37)21-36(43(4,39)40)25-14-15-28(41-2)29(19-25)42-3/h7-15,18-19,27H,5-6,16-17,20-21H2,1-4H3,(H,34,38)/t27-/m1/s1. The van der Waals surface area contributed by atoms with Gasteiger partial charge < -0.3 is 19.7 Å². The molecule has 3 rings (SSSR count). The molecular formula is C31H37Cl2N3O6S. The highest BCUT2D eigenvalue weighted by Gasteiger charge is 2.33. The van der Waals surface area contributed by atoms with E-state index in [1.807, 2.05) is 37.3 Å². The third kappa shape index (κ3) is 9.51. The molecule has 0 unspecified atom stereocenters. The number of rotatable bonds is 15. The summed E-state index contributed by atoms with van der Waals surface area (Å²) in [6.45, 7) is 1.81. The van der Waals surface area contributed by atoms with E-state index in [0.717, 1.165) is 29.0 Å². The van der Waals surface area contributed by atoms with Crippen molar-refractivity contribution in [3.8, 4) is 11.5 Å². The van der Waals surface area contributed by atoms with Crippen LogP contribution in [-0.4, -0.2) is 64.7 Å². The molecule has 9 nitrogen and oxygen atoms in total. The van der Waals surface area contributed by atoms with Gasteiger partial charge in [0.15, 0.2) is 11.5 Å². The summed E-state index contributed by atoms with van der Waals surface area (Å²) in [6, 6.07) is 17.8. The lowest BCUT2D eigenvalue weighted by Gasteiger charge is -2.33.